The van der Waals surface area contributed by atoms with Crippen molar-refractivity contribution in [2.24, 2.45) is 0 Å². The fourth-order valence-electron chi connectivity index (χ4n) is 2.76. The minimum Gasteiger partial charge on any atom is -0.370 e. The van der Waals surface area contributed by atoms with Crippen molar-refractivity contribution >= 4 is 46.4 Å². The summed E-state index contributed by atoms with van der Waals surface area (Å²) in [4.78, 5) is 24.8. The van der Waals surface area contributed by atoms with Crippen LogP contribution < -0.4 is 0 Å². The highest BCUT2D eigenvalue weighted by molar-refractivity contribution is 6.34. The van der Waals surface area contributed by atoms with Crippen molar-refractivity contribution in [3.63, 3.8) is 0 Å². The summed E-state index contributed by atoms with van der Waals surface area (Å²) < 4.78 is 5.73. The second kappa shape index (κ2) is 7.80. The Kier molecular flexibility index (Phi) is 5.67. The van der Waals surface area contributed by atoms with E-state index in [2.05, 4.69) is 0 Å². The maximum absolute atomic E-state index is 12.8. The molecular weight excluding hydrogens is 403 g/mol. The Morgan fingerprint density at radius 2 is 1.85 bits per heavy atom. The first-order valence-electron chi connectivity index (χ1n) is 7.66. The molecule has 1 saturated heterocycles. The third kappa shape index (κ3) is 4.10. The Morgan fingerprint density at radius 1 is 1.15 bits per heavy atom. The summed E-state index contributed by atoms with van der Waals surface area (Å²) in [5.74, 6) is -0.389. The third-order valence-corrected chi connectivity index (χ3v) is 4.77. The molecule has 1 amide bonds. The summed E-state index contributed by atoms with van der Waals surface area (Å²) >= 11 is 18.1. The van der Waals surface area contributed by atoms with Crippen LogP contribution in [0, 0.1) is 10.1 Å². The van der Waals surface area contributed by atoms with Crippen molar-refractivity contribution in [1.82, 2.24) is 4.90 Å². The Morgan fingerprint density at radius 3 is 2.50 bits per heavy atom. The van der Waals surface area contributed by atoms with Crippen LogP contribution in [0.1, 0.15) is 22.0 Å². The van der Waals surface area contributed by atoms with E-state index in [9.17, 15) is 14.9 Å². The number of carbonyl (C=O) groups is 1. The number of rotatable bonds is 3. The van der Waals surface area contributed by atoms with E-state index in [1.54, 1.807) is 23.1 Å². The molecule has 26 heavy (non-hydrogen) atoms. The first kappa shape index (κ1) is 18.9. The number of ether oxygens (including phenoxy) is 1. The lowest BCUT2D eigenvalue weighted by molar-refractivity contribution is -0.384. The summed E-state index contributed by atoms with van der Waals surface area (Å²) in [6.07, 6.45) is -0.402. The number of carbonyl (C=O) groups excluding carboxylic acids is 1. The molecule has 1 fully saturated rings. The van der Waals surface area contributed by atoms with Gasteiger partial charge in [0.1, 0.15) is 6.10 Å². The monoisotopic (exact) mass is 414 g/mol. The first-order valence-corrected chi connectivity index (χ1v) is 8.79. The molecule has 0 aromatic heterocycles. The number of morpholine rings is 1. The van der Waals surface area contributed by atoms with Crippen molar-refractivity contribution < 1.29 is 14.5 Å². The van der Waals surface area contributed by atoms with Crippen LogP contribution in [0.2, 0.25) is 15.1 Å². The van der Waals surface area contributed by atoms with E-state index in [0.29, 0.717) is 23.2 Å². The van der Waals surface area contributed by atoms with E-state index in [1.165, 1.54) is 18.2 Å². The molecule has 1 heterocycles. The van der Waals surface area contributed by atoms with Crippen molar-refractivity contribution in [2.75, 3.05) is 19.7 Å². The van der Waals surface area contributed by atoms with Gasteiger partial charge in [0.25, 0.3) is 11.6 Å². The van der Waals surface area contributed by atoms with E-state index in [1.807, 2.05) is 0 Å². The molecule has 0 spiro atoms. The van der Waals surface area contributed by atoms with E-state index in [0.717, 1.165) is 5.56 Å². The highest BCUT2D eigenvalue weighted by Crippen LogP contribution is 2.30. The van der Waals surface area contributed by atoms with Gasteiger partial charge in [-0.1, -0.05) is 34.8 Å². The number of nitro groups is 1. The average molecular weight is 416 g/mol. The van der Waals surface area contributed by atoms with Crippen LogP contribution in [0.5, 0.6) is 0 Å². The molecule has 1 aliphatic heterocycles. The van der Waals surface area contributed by atoms with E-state index >= 15 is 0 Å². The third-order valence-electron chi connectivity index (χ3n) is 4.00. The summed E-state index contributed by atoms with van der Waals surface area (Å²) in [7, 11) is 0. The van der Waals surface area contributed by atoms with Crippen LogP contribution in [-0.4, -0.2) is 35.4 Å². The normalized spacial score (nSPS) is 17.2. The predicted molar refractivity (Wildman–Crippen MR) is 99.2 cm³/mol. The zero-order chi connectivity index (χ0) is 18.8. The lowest BCUT2D eigenvalue weighted by Crippen LogP contribution is -2.42. The van der Waals surface area contributed by atoms with E-state index in [4.69, 9.17) is 39.5 Å². The summed E-state index contributed by atoms with van der Waals surface area (Å²) in [6, 6.07) is 8.86. The minimum absolute atomic E-state index is 0.0886. The molecule has 1 aliphatic rings. The highest BCUT2D eigenvalue weighted by Gasteiger charge is 2.28. The maximum Gasteiger partial charge on any atom is 0.270 e. The van der Waals surface area contributed by atoms with E-state index in [-0.39, 0.29) is 28.7 Å². The first-order chi connectivity index (χ1) is 12.3. The van der Waals surface area contributed by atoms with Crippen LogP contribution in [0.4, 0.5) is 5.69 Å². The zero-order valence-corrected chi connectivity index (χ0v) is 15.6. The standard InChI is InChI=1S/C17H13Cl3N2O4/c18-11-5-10(6-12(19)7-11)16-9-21(3-4-26-16)17(23)14-8-13(22(24)25)1-2-15(14)20/h1-2,5-8,16H,3-4,9H2. The molecule has 0 N–H and O–H groups in total. The number of halogens is 3. The summed E-state index contributed by atoms with van der Waals surface area (Å²) in [5, 5.41) is 12.1. The van der Waals surface area contributed by atoms with Crippen LogP contribution >= 0.6 is 34.8 Å². The Balaban J connectivity index is 1.84. The van der Waals surface area contributed by atoms with Gasteiger partial charge in [0.15, 0.2) is 0 Å². The van der Waals surface area contributed by atoms with Gasteiger partial charge in [-0.3, -0.25) is 14.9 Å². The molecule has 0 radical (unpaired) electrons. The Labute approximate surface area is 164 Å². The Bertz CT molecular complexity index is 855. The van der Waals surface area contributed by atoms with Gasteiger partial charge < -0.3 is 9.64 Å². The predicted octanol–water partition coefficient (Wildman–Crippen LogP) is 4.77. The topological polar surface area (TPSA) is 72.7 Å². The molecule has 0 saturated carbocycles. The molecule has 2 aromatic rings. The average Bonchev–Trinajstić information content (AvgIpc) is 2.60. The number of hydrogen-bond donors (Lipinski definition) is 0. The van der Waals surface area contributed by atoms with Gasteiger partial charge in [0.2, 0.25) is 0 Å². The quantitative estimate of drug-likeness (QED) is 0.535. The highest BCUT2D eigenvalue weighted by atomic mass is 35.5. The number of nitrogens with zero attached hydrogens (tertiary/aromatic N) is 2. The lowest BCUT2D eigenvalue weighted by atomic mass is 10.1. The van der Waals surface area contributed by atoms with Crippen molar-refractivity contribution in [3.05, 3.63) is 72.7 Å². The maximum atomic E-state index is 12.8. The molecule has 2 aromatic carbocycles. The molecule has 6 nitrogen and oxygen atoms in total. The fourth-order valence-corrected chi connectivity index (χ4v) is 3.50. The molecule has 9 heteroatoms. The molecule has 0 bridgehead atoms. The van der Waals surface area contributed by atoms with Crippen LogP contribution in [0.3, 0.4) is 0 Å². The van der Waals surface area contributed by atoms with Gasteiger partial charge in [-0.25, -0.2) is 0 Å². The SMILES string of the molecule is O=C(c1cc([N+](=O)[O-])ccc1Cl)N1CCOC(c2cc(Cl)cc(Cl)c2)C1. The van der Waals surface area contributed by atoms with Crippen LogP contribution in [0.25, 0.3) is 0 Å². The largest absolute Gasteiger partial charge is 0.370 e. The number of nitro benzene ring substituents is 1. The number of non-ortho nitro benzene ring substituents is 1. The molecule has 1 atom stereocenters. The van der Waals surface area contributed by atoms with Crippen molar-refractivity contribution in [2.45, 2.75) is 6.10 Å². The number of benzene rings is 2. The molecular formula is C17H13Cl3N2O4. The zero-order valence-electron chi connectivity index (χ0n) is 13.3. The van der Waals surface area contributed by atoms with Gasteiger partial charge >= 0.3 is 0 Å². The summed E-state index contributed by atoms with van der Waals surface area (Å²) in [5.41, 5.74) is 0.653. The second-order valence-corrected chi connectivity index (χ2v) is 7.01. The van der Waals surface area contributed by atoms with Gasteiger partial charge in [0, 0.05) is 28.7 Å². The van der Waals surface area contributed by atoms with Crippen LogP contribution in [0.15, 0.2) is 36.4 Å². The van der Waals surface area contributed by atoms with Crippen LogP contribution in [-0.2, 0) is 4.74 Å². The smallest absolute Gasteiger partial charge is 0.270 e. The molecule has 136 valence electrons. The van der Waals surface area contributed by atoms with Gasteiger partial charge in [0.05, 0.1) is 28.7 Å². The van der Waals surface area contributed by atoms with E-state index < -0.39 is 11.0 Å². The Hall–Kier alpha value is -1.86. The fraction of sp³-hybridized carbons (Fsp3) is 0.235. The number of hydrogen-bond acceptors (Lipinski definition) is 4. The lowest BCUT2D eigenvalue weighted by Gasteiger charge is -2.33. The molecule has 3 rings (SSSR count). The second-order valence-electron chi connectivity index (χ2n) is 5.73. The van der Waals surface area contributed by atoms with Crippen molar-refractivity contribution in [1.29, 1.82) is 0 Å². The number of amides is 1. The minimum atomic E-state index is -0.566. The molecule has 1 unspecified atom stereocenters. The van der Waals surface area contributed by atoms with Crippen molar-refractivity contribution in [3.8, 4) is 0 Å². The van der Waals surface area contributed by atoms with Gasteiger partial charge in [-0.05, 0) is 29.8 Å². The van der Waals surface area contributed by atoms with Gasteiger partial charge in [-0.15, -0.1) is 0 Å². The summed E-state index contributed by atoms with van der Waals surface area (Å²) in [6.45, 7) is 0.921. The van der Waals surface area contributed by atoms with Gasteiger partial charge in [-0.2, -0.15) is 0 Å². The molecule has 0 aliphatic carbocycles.